The number of ether oxygens (including phenoxy) is 1. The average Bonchev–Trinajstić information content (AvgIpc) is 2.35. The molecule has 1 aromatic carbocycles. The summed E-state index contributed by atoms with van der Waals surface area (Å²) in [6.45, 7) is 4.72. The van der Waals surface area contributed by atoms with Crippen molar-refractivity contribution in [3.8, 4) is 0 Å². The lowest BCUT2D eigenvalue weighted by Crippen LogP contribution is -2.28. The van der Waals surface area contributed by atoms with E-state index in [2.05, 4.69) is 29.8 Å². The van der Waals surface area contributed by atoms with E-state index in [1.807, 2.05) is 24.3 Å². The van der Waals surface area contributed by atoms with Gasteiger partial charge in [-0.2, -0.15) is 0 Å². The minimum Gasteiger partial charge on any atom is -0.370 e. The van der Waals surface area contributed by atoms with Gasteiger partial charge in [-0.05, 0) is 37.2 Å². The van der Waals surface area contributed by atoms with Gasteiger partial charge < -0.3 is 4.74 Å². The van der Waals surface area contributed by atoms with Crippen molar-refractivity contribution in [1.82, 2.24) is 0 Å². The molecule has 1 aliphatic rings. The van der Waals surface area contributed by atoms with E-state index in [9.17, 15) is 4.79 Å². The Hall–Kier alpha value is -0.670. The Kier molecular flexibility index (Phi) is 5.17. The summed E-state index contributed by atoms with van der Waals surface area (Å²) in [6, 6.07) is 7.51. The minimum absolute atomic E-state index is 0.0540. The molecule has 104 valence electrons. The van der Waals surface area contributed by atoms with E-state index < -0.39 is 0 Å². The van der Waals surface area contributed by atoms with Gasteiger partial charge in [-0.1, -0.05) is 48.0 Å². The average molecular weight is 325 g/mol. The lowest BCUT2D eigenvalue weighted by molar-refractivity contribution is 0.00559. The molecule has 2 atom stereocenters. The molecule has 0 bridgehead atoms. The van der Waals surface area contributed by atoms with Crippen molar-refractivity contribution >= 4 is 21.7 Å². The smallest absolute Gasteiger partial charge is 0.189 e. The second-order valence-electron chi connectivity index (χ2n) is 5.75. The highest BCUT2D eigenvalue weighted by Crippen LogP contribution is 2.30. The fraction of sp³-hybridized carbons (Fsp3) is 0.562. The van der Waals surface area contributed by atoms with E-state index in [1.165, 1.54) is 6.42 Å². The van der Waals surface area contributed by atoms with Crippen molar-refractivity contribution < 1.29 is 9.53 Å². The third kappa shape index (κ3) is 4.15. The van der Waals surface area contributed by atoms with Crippen LogP contribution >= 0.6 is 15.9 Å². The predicted molar refractivity (Wildman–Crippen MR) is 80.4 cm³/mol. The zero-order chi connectivity index (χ0) is 13.8. The van der Waals surface area contributed by atoms with E-state index in [0.29, 0.717) is 17.4 Å². The summed E-state index contributed by atoms with van der Waals surface area (Å²) in [4.78, 5) is 12.1. The number of Topliss-reactive ketones (excluding diaryl/α,β-unsaturated/α-hetero) is 1. The maximum absolute atomic E-state index is 12.1. The second-order valence-corrected chi connectivity index (χ2v) is 6.61. The molecule has 1 saturated carbocycles. The van der Waals surface area contributed by atoms with Crippen LogP contribution in [0.4, 0.5) is 0 Å². The van der Waals surface area contributed by atoms with Crippen LogP contribution in [-0.4, -0.2) is 18.5 Å². The number of halogens is 1. The van der Waals surface area contributed by atoms with Gasteiger partial charge in [0.1, 0.15) is 6.61 Å². The van der Waals surface area contributed by atoms with Crippen LogP contribution in [0.2, 0.25) is 0 Å². The quantitative estimate of drug-likeness (QED) is 0.763. The largest absolute Gasteiger partial charge is 0.370 e. The highest BCUT2D eigenvalue weighted by atomic mass is 79.9. The van der Waals surface area contributed by atoms with Crippen LogP contribution < -0.4 is 0 Å². The van der Waals surface area contributed by atoms with Crippen molar-refractivity contribution in [2.45, 2.75) is 39.2 Å². The molecular weight excluding hydrogens is 304 g/mol. The third-order valence-electron chi connectivity index (χ3n) is 3.76. The summed E-state index contributed by atoms with van der Waals surface area (Å²) in [7, 11) is 0. The first-order chi connectivity index (χ1) is 9.06. The highest BCUT2D eigenvalue weighted by Gasteiger charge is 2.25. The summed E-state index contributed by atoms with van der Waals surface area (Å²) < 4.78 is 6.67. The molecule has 2 nitrogen and oxygen atoms in total. The molecule has 2 rings (SSSR count). The van der Waals surface area contributed by atoms with E-state index in [1.54, 1.807) is 0 Å². The van der Waals surface area contributed by atoms with Gasteiger partial charge in [0.2, 0.25) is 0 Å². The first kappa shape index (κ1) is 14.7. The summed E-state index contributed by atoms with van der Waals surface area (Å²) in [5.74, 6) is 1.46. The molecule has 1 aromatic rings. The molecule has 2 unspecified atom stereocenters. The lowest BCUT2D eigenvalue weighted by Gasteiger charge is -2.31. The Morgan fingerprint density at radius 2 is 1.84 bits per heavy atom. The molecule has 0 N–H and O–H groups in total. The lowest BCUT2D eigenvalue weighted by atomic mass is 9.82. The first-order valence-electron chi connectivity index (χ1n) is 6.95. The Morgan fingerprint density at radius 1 is 1.21 bits per heavy atom. The fourth-order valence-corrected chi connectivity index (χ4v) is 3.47. The molecule has 1 fully saturated rings. The molecule has 19 heavy (non-hydrogen) atoms. The zero-order valence-corrected chi connectivity index (χ0v) is 13.2. The Balaban J connectivity index is 1.89. The molecule has 3 heteroatoms. The van der Waals surface area contributed by atoms with Crippen LogP contribution in [-0.2, 0) is 4.74 Å². The van der Waals surface area contributed by atoms with Crippen molar-refractivity contribution in [1.29, 1.82) is 0 Å². The van der Waals surface area contributed by atoms with Crippen LogP contribution in [0.25, 0.3) is 0 Å². The maximum Gasteiger partial charge on any atom is 0.189 e. The van der Waals surface area contributed by atoms with Crippen molar-refractivity contribution in [3.63, 3.8) is 0 Å². The molecule has 0 aliphatic heterocycles. The van der Waals surface area contributed by atoms with E-state index in [4.69, 9.17) is 4.74 Å². The zero-order valence-electron chi connectivity index (χ0n) is 11.6. The number of hydrogen-bond acceptors (Lipinski definition) is 2. The van der Waals surface area contributed by atoms with E-state index in [-0.39, 0.29) is 18.5 Å². The number of benzene rings is 1. The Labute approximate surface area is 123 Å². The normalized spacial score (nSPS) is 27.2. The van der Waals surface area contributed by atoms with Gasteiger partial charge in [-0.15, -0.1) is 0 Å². The second kappa shape index (κ2) is 6.67. The van der Waals surface area contributed by atoms with Gasteiger partial charge in [0, 0.05) is 10.0 Å². The van der Waals surface area contributed by atoms with E-state index >= 15 is 0 Å². The highest BCUT2D eigenvalue weighted by molar-refractivity contribution is 9.10. The predicted octanol–water partition coefficient (Wildman–Crippen LogP) is 4.47. The van der Waals surface area contributed by atoms with Gasteiger partial charge >= 0.3 is 0 Å². The number of carbonyl (C=O) groups excluding carboxylic acids is 1. The van der Waals surface area contributed by atoms with Crippen LogP contribution in [0.15, 0.2) is 28.7 Å². The molecule has 0 spiro atoms. The first-order valence-corrected chi connectivity index (χ1v) is 7.75. The molecule has 0 amide bonds. The van der Waals surface area contributed by atoms with Crippen molar-refractivity contribution in [3.05, 3.63) is 34.3 Å². The number of ketones is 1. The van der Waals surface area contributed by atoms with Crippen molar-refractivity contribution in [2.75, 3.05) is 6.61 Å². The molecule has 0 heterocycles. The van der Waals surface area contributed by atoms with Crippen LogP contribution in [0.3, 0.4) is 0 Å². The molecule has 0 aromatic heterocycles. The SMILES string of the molecule is CC1CC(C)CC(OCC(=O)c2ccccc2Br)C1. The van der Waals surface area contributed by atoms with Crippen LogP contribution in [0.5, 0.6) is 0 Å². The summed E-state index contributed by atoms with van der Waals surface area (Å²) in [5, 5.41) is 0. The fourth-order valence-electron chi connectivity index (χ4n) is 2.97. The Bertz CT molecular complexity index is 434. The number of hydrogen-bond donors (Lipinski definition) is 0. The number of rotatable bonds is 4. The summed E-state index contributed by atoms with van der Waals surface area (Å²) in [5.41, 5.74) is 0.708. The molecule has 1 aliphatic carbocycles. The molecule has 0 saturated heterocycles. The van der Waals surface area contributed by atoms with Gasteiger partial charge in [-0.25, -0.2) is 0 Å². The third-order valence-corrected chi connectivity index (χ3v) is 4.45. The Morgan fingerprint density at radius 3 is 2.47 bits per heavy atom. The maximum atomic E-state index is 12.1. The summed E-state index contributed by atoms with van der Waals surface area (Å²) >= 11 is 3.41. The van der Waals surface area contributed by atoms with Crippen molar-refractivity contribution in [2.24, 2.45) is 11.8 Å². The topological polar surface area (TPSA) is 26.3 Å². The van der Waals surface area contributed by atoms with Crippen LogP contribution in [0, 0.1) is 11.8 Å². The monoisotopic (exact) mass is 324 g/mol. The van der Waals surface area contributed by atoms with Gasteiger partial charge in [0.25, 0.3) is 0 Å². The van der Waals surface area contributed by atoms with Gasteiger partial charge in [0.05, 0.1) is 6.10 Å². The van der Waals surface area contributed by atoms with Gasteiger partial charge in [0.15, 0.2) is 5.78 Å². The van der Waals surface area contributed by atoms with Crippen LogP contribution in [0.1, 0.15) is 43.5 Å². The summed E-state index contributed by atoms with van der Waals surface area (Å²) in [6.07, 6.45) is 3.67. The standard InChI is InChI=1S/C16H21BrO2/c1-11-7-12(2)9-13(8-11)19-10-16(18)14-5-3-4-6-15(14)17/h3-6,11-13H,7-10H2,1-2H3. The van der Waals surface area contributed by atoms with E-state index in [0.717, 1.165) is 17.3 Å². The molecule has 0 radical (unpaired) electrons. The minimum atomic E-state index is 0.0540. The molecular formula is C16H21BrO2. The van der Waals surface area contributed by atoms with Gasteiger partial charge in [-0.3, -0.25) is 4.79 Å². The number of carbonyl (C=O) groups is 1.